The van der Waals surface area contributed by atoms with Crippen molar-refractivity contribution in [1.29, 1.82) is 0 Å². The lowest BCUT2D eigenvalue weighted by Gasteiger charge is -2.19. The Balaban J connectivity index is 1.49. The number of nitrogens with zero attached hydrogens (tertiary/aromatic N) is 4. The molecule has 0 radical (unpaired) electrons. The molecule has 0 unspecified atom stereocenters. The Hall–Kier alpha value is -3.13. The maximum Gasteiger partial charge on any atom is 0.339 e. The van der Waals surface area contributed by atoms with Crippen molar-refractivity contribution in [3.63, 3.8) is 0 Å². The van der Waals surface area contributed by atoms with Gasteiger partial charge in [-0.05, 0) is 44.2 Å². The third-order valence-corrected chi connectivity index (χ3v) is 6.00. The molecule has 7 nitrogen and oxygen atoms in total. The number of fused-ring (bicyclic) bond motifs is 3. The number of hydrogen-bond donors (Lipinski definition) is 0. The monoisotopic (exact) mass is 406 g/mol. The second-order valence-corrected chi connectivity index (χ2v) is 8.18. The van der Waals surface area contributed by atoms with E-state index < -0.39 is 0 Å². The number of aromatic nitrogens is 4. The Kier molecular flexibility index (Phi) is 4.35. The maximum atomic E-state index is 13.1. The SMILES string of the molecule is Cc1cc(=O)n2nc(COC(=O)c3c4c(nc5ccccc35)CCCC4)sc2n1. The van der Waals surface area contributed by atoms with Crippen molar-refractivity contribution in [2.45, 2.75) is 39.2 Å². The van der Waals surface area contributed by atoms with Crippen molar-refractivity contribution < 1.29 is 9.53 Å². The lowest BCUT2D eigenvalue weighted by molar-refractivity contribution is 0.0472. The standard InChI is InChI=1S/C21H18N4O3S/c1-12-10-18(26)25-21(22-12)29-17(24-25)11-28-20(27)19-13-6-2-4-8-15(13)23-16-9-5-3-7-14(16)19/h2,4,6,8,10H,3,5,7,9,11H2,1H3. The van der Waals surface area contributed by atoms with Gasteiger partial charge in [0, 0.05) is 22.8 Å². The predicted molar refractivity (Wildman–Crippen MR) is 109 cm³/mol. The molecule has 3 aromatic heterocycles. The summed E-state index contributed by atoms with van der Waals surface area (Å²) in [4.78, 5) is 34.7. The summed E-state index contributed by atoms with van der Waals surface area (Å²) in [5, 5.41) is 5.58. The van der Waals surface area contributed by atoms with Gasteiger partial charge in [0.25, 0.3) is 5.56 Å². The third-order valence-electron chi connectivity index (χ3n) is 5.12. The average Bonchev–Trinajstić information content (AvgIpc) is 3.13. The van der Waals surface area contributed by atoms with Crippen LogP contribution in [0.5, 0.6) is 0 Å². The molecule has 0 saturated heterocycles. The van der Waals surface area contributed by atoms with Crippen LogP contribution >= 0.6 is 11.3 Å². The smallest absolute Gasteiger partial charge is 0.339 e. The zero-order chi connectivity index (χ0) is 20.0. The van der Waals surface area contributed by atoms with Crippen LogP contribution in [0.25, 0.3) is 15.9 Å². The van der Waals surface area contributed by atoms with Gasteiger partial charge in [0.2, 0.25) is 4.96 Å². The summed E-state index contributed by atoms with van der Waals surface area (Å²) in [7, 11) is 0. The van der Waals surface area contributed by atoms with Gasteiger partial charge in [-0.2, -0.15) is 9.61 Å². The fourth-order valence-electron chi connectivity index (χ4n) is 3.82. The molecule has 3 heterocycles. The van der Waals surface area contributed by atoms with E-state index in [9.17, 15) is 9.59 Å². The number of para-hydroxylation sites is 1. The van der Waals surface area contributed by atoms with Gasteiger partial charge in [-0.1, -0.05) is 29.5 Å². The fraction of sp³-hybridized carbons (Fsp3) is 0.286. The molecule has 1 aromatic carbocycles. The molecule has 5 rings (SSSR count). The molecule has 4 aromatic rings. The van der Waals surface area contributed by atoms with Crippen LogP contribution in [-0.2, 0) is 24.2 Å². The first-order chi connectivity index (χ1) is 14.1. The van der Waals surface area contributed by atoms with Crippen molar-refractivity contribution in [3.8, 4) is 0 Å². The van der Waals surface area contributed by atoms with Crippen LogP contribution < -0.4 is 5.56 Å². The zero-order valence-electron chi connectivity index (χ0n) is 15.8. The van der Waals surface area contributed by atoms with E-state index >= 15 is 0 Å². The first-order valence-electron chi connectivity index (χ1n) is 9.54. The lowest BCUT2D eigenvalue weighted by Crippen LogP contribution is -2.16. The summed E-state index contributed by atoms with van der Waals surface area (Å²) < 4.78 is 6.87. The van der Waals surface area contributed by atoms with E-state index in [1.54, 1.807) is 6.92 Å². The average molecular weight is 406 g/mol. The number of pyridine rings is 1. The van der Waals surface area contributed by atoms with Crippen molar-refractivity contribution >= 4 is 33.2 Å². The first kappa shape index (κ1) is 17.9. The topological polar surface area (TPSA) is 86.5 Å². The van der Waals surface area contributed by atoms with Crippen LogP contribution in [0.3, 0.4) is 0 Å². The summed E-state index contributed by atoms with van der Waals surface area (Å²) in [5.41, 5.74) is 3.81. The number of ether oxygens (including phenoxy) is 1. The normalized spacial score (nSPS) is 13.6. The van der Waals surface area contributed by atoms with E-state index in [4.69, 9.17) is 9.72 Å². The molecule has 0 spiro atoms. The van der Waals surface area contributed by atoms with Crippen LogP contribution in [0.1, 0.15) is 45.2 Å². The van der Waals surface area contributed by atoms with Crippen molar-refractivity contribution in [3.05, 3.63) is 68.2 Å². The van der Waals surface area contributed by atoms with E-state index in [0.29, 0.717) is 21.2 Å². The summed E-state index contributed by atoms with van der Waals surface area (Å²) in [6.45, 7) is 1.76. The molecule has 1 aliphatic rings. The van der Waals surface area contributed by atoms with Gasteiger partial charge >= 0.3 is 5.97 Å². The Labute approximate surface area is 170 Å². The van der Waals surface area contributed by atoms with Crippen LogP contribution in [0.4, 0.5) is 0 Å². The Morgan fingerprint density at radius 3 is 2.93 bits per heavy atom. The molecule has 29 heavy (non-hydrogen) atoms. The number of aryl methyl sites for hydroxylation is 2. The van der Waals surface area contributed by atoms with Crippen LogP contribution in [0, 0.1) is 6.92 Å². The highest BCUT2D eigenvalue weighted by Crippen LogP contribution is 2.30. The number of hydrogen-bond acceptors (Lipinski definition) is 7. The van der Waals surface area contributed by atoms with Gasteiger partial charge in [-0.3, -0.25) is 9.78 Å². The minimum atomic E-state index is -0.377. The molecule has 0 amide bonds. The molecule has 0 aliphatic heterocycles. The van der Waals surface area contributed by atoms with Gasteiger partial charge in [0.05, 0.1) is 11.1 Å². The minimum absolute atomic E-state index is 0.00320. The molecule has 1 aliphatic carbocycles. The molecule has 0 N–H and O–H groups in total. The second-order valence-electron chi connectivity index (χ2n) is 7.14. The van der Waals surface area contributed by atoms with Crippen molar-refractivity contribution in [2.75, 3.05) is 0 Å². The molecule has 0 fully saturated rings. The highest BCUT2D eigenvalue weighted by molar-refractivity contribution is 7.16. The van der Waals surface area contributed by atoms with E-state index in [0.717, 1.165) is 47.8 Å². The summed E-state index contributed by atoms with van der Waals surface area (Å²) >= 11 is 1.25. The summed E-state index contributed by atoms with van der Waals surface area (Å²) in [5.74, 6) is -0.377. The molecule has 8 heteroatoms. The van der Waals surface area contributed by atoms with E-state index in [1.807, 2.05) is 24.3 Å². The molecule has 0 bridgehead atoms. The number of carbonyl (C=O) groups excluding carboxylic acids is 1. The third kappa shape index (κ3) is 3.19. The largest absolute Gasteiger partial charge is 0.455 e. The summed E-state index contributed by atoms with van der Waals surface area (Å²) in [6, 6.07) is 9.10. The highest BCUT2D eigenvalue weighted by atomic mass is 32.1. The van der Waals surface area contributed by atoms with Gasteiger partial charge in [0.15, 0.2) is 5.01 Å². The van der Waals surface area contributed by atoms with Crippen molar-refractivity contribution in [1.82, 2.24) is 19.6 Å². The van der Waals surface area contributed by atoms with Crippen LogP contribution in [0.15, 0.2) is 35.1 Å². The molecule has 0 atom stereocenters. The predicted octanol–water partition coefficient (Wildman–Crippen LogP) is 3.24. The zero-order valence-corrected chi connectivity index (χ0v) is 16.7. The number of carbonyl (C=O) groups is 1. The van der Waals surface area contributed by atoms with E-state index in [1.165, 1.54) is 21.9 Å². The van der Waals surface area contributed by atoms with Gasteiger partial charge in [-0.15, -0.1) is 0 Å². The van der Waals surface area contributed by atoms with E-state index in [2.05, 4.69) is 10.1 Å². The Morgan fingerprint density at radius 1 is 1.21 bits per heavy atom. The summed E-state index contributed by atoms with van der Waals surface area (Å²) in [6.07, 6.45) is 3.84. The van der Waals surface area contributed by atoms with Crippen LogP contribution in [-0.4, -0.2) is 25.6 Å². The lowest BCUT2D eigenvalue weighted by atomic mass is 9.90. The minimum Gasteiger partial charge on any atom is -0.455 e. The molecule has 146 valence electrons. The Bertz CT molecular complexity index is 1320. The Morgan fingerprint density at radius 2 is 2.03 bits per heavy atom. The maximum absolute atomic E-state index is 13.1. The molecule has 0 saturated carbocycles. The second kappa shape index (κ2) is 7.04. The fourth-order valence-corrected chi connectivity index (χ4v) is 4.68. The van der Waals surface area contributed by atoms with E-state index in [-0.39, 0.29) is 18.1 Å². The van der Waals surface area contributed by atoms with Gasteiger partial charge in [-0.25, -0.2) is 9.78 Å². The van der Waals surface area contributed by atoms with Crippen LogP contribution in [0.2, 0.25) is 0 Å². The highest BCUT2D eigenvalue weighted by Gasteiger charge is 2.24. The molecular weight excluding hydrogens is 388 g/mol. The molecular formula is C21H18N4O3S. The first-order valence-corrected chi connectivity index (χ1v) is 10.4. The van der Waals surface area contributed by atoms with Gasteiger partial charge in [0.1, 0.15) is 6.61 Å². The van der Waals surface area contributed by atoms with Crippen molar-refractivity contribution in [2.24, 2.45) is 0 Å². The quantitative estimate of drug-likeness (QED) is 0.486. The number of esters is 1. The number of benzene rings is 1. The number of rotatable bonds is 3. The van der Waals surface area contributed by atoms with Gasteiger partial charge < -0.3 is 4.74 Å².